The molecule has 0 saturated heterocycles. The van der Waals surface area contributed by atoms with E-state index < -0.39 is 0 Å². The van der Waals surface area contributed by atoms with E-state index in [0.29, 0.717) is 0 Å². The van der Waals surface area contributed by atoms with E-state index in [-0.39, 0.29) is 5.91 Å². The molecular formula is C15H12N2O. The fraction of sp³-hybridized carbons (Fsp3) is 0. The highest BCUT2D eigenvalue weighted by molar-refractivity contribution is 6.09. The van der Waals surface area contributed by atoms with Crippen LogP contribution in [0.4, 0.5) is 11.4 Å². The minimum atomic E-state index is -0.119. The van der Waals surface area contributed by atoms with E-state index in [1.165, 1.54) is 0 Å². The Morgan fingerprint density at radius 3 is 2.06 bits per heavy atom. The van der Waals surface area contributed by atoms with Crippen LogP contribution in [0, 0.1) is 0 Å². The number of carbonyl (C=O) groups excluding carboxylic acids is 1. The molecule has 3 heteroatoms. The van der Waals surface area contributed by atoms with Gasteiger partial charge in [0.25, 0.3) is 5.91 Å². The Bertz CT molecular complexity index is 617. The summed E-state index contributed by atoms with van der Waals surface area (Å²) in [4.78, 5) is 11.8. The maximum Gasteiger partial charge on any atom is 0.250 e. The summed E-state index contributed by atoms with van der Waals surface area (Å²) in [5, 5.41) is 6.13. The van der Waals surface area contributed by atoms with Gasteiger partial charge in [0.1, 0.15) is 0 Å². The van der Waals surface area contributed by atoms with E-state index in [4.69, 9.17) is 0 Å². The van der Waals surface area contributed by atoms with Crippen molar-refractivity contribution in [3.8, 4) is 0 Å². The lowest BCUT2D eigenvalue weighted by Gasteiger charge is -2.10. The zero-order valence-electron chi connectivity index (χ0n) is 9.68. The predicted molar refractivity (Wildman–Crippen MR) is 73.1 cm³/mol. The summed E-state index contributed by atoms with van der Waals surface area (Å²) in [7, 11) is 0. The zero-order valence-corrected chi connectivity index (χ0v) is 9.68. The molecule has 0 radical (unpaired) electrons. The van der Waals surface area contributed by atoms with Crippen LogP contribution in [-0.4, -0.2) is 5.91 Å². The lowest BCUT2D eigenvalue weighted by Crippen LogP contribution is -2.06. The predicted octanol–water partition coefficient (Wildman–Crippen LogP) is 3.09. The van der Waals surface area contributed by atoms with Gasteiger partial charge in [0.2, 0.25) is 0 Å². The van der Waals surface area contributed by atoms with Crippen molar-refractivity contribution in [1.82, 2.24) is 0 Å². The van der Waals surface area contributed by atoms with Gasteiger partial charge in [-0.05, 0) is 17.7 Å². The molecule has 0 aliphatic carbocycles. The van der Waals surface area contributed by atoms with Gasteiger partial charge in [-0.25, -0.2) is 0 Å². The standard InChI is InChI=1S/C15H12N2O/c18-15-10-14(11-6-2-1-3-7-11)16-12-8-4-5-9-13(12)17-15/h1-10,16H,(H,17,18). The second-order valence-corrected chi connectivity index (χ2v) is 4.08. The van der Waals surface area contributed by atoms with Crippen LogP contribution in [0.3, 0.4) is 0 Å². The molecule has 0 atom stereocenters. The third kappa shape index (κ3) is 1.98. The highest BCUT2D eigenvalue weighted by atomic mass is 16.1. The van der Waals surface area contributed by atoms with Gasteiger partial charge in [-0.15, -0.1) is 0 Å². The highest BCUT2D eigenvalue weighted by Gasteiger charge is 2.13. The number of rotatable bonds is 1. The molecular weight excluding hydrogens is 224 g/mol. The topological polar surface area (TPSA) is 41.1 Å². The van der Waals surface area contributed by atoms with Crippen molar-refractivity contribution in [1.29, 1.82) is 0 Å². The number of benzene rings is 2. The van der Waals surface area contributed by atoms with Gasteiger partial charge >= 0.3 is 0 Å². The Kier molecular flexibility index (Phi) is 2.57. The Morgan fingerprint density at radius 2 is 1.33 bits per heavy atom. The number of para-hydroxylation sites is 2. The smallest absolute Gasteiger partial charge is 0.250 e. The second kappa shape index (κ2) is 4.37. The molecule has 1 aliphatic heterocycles. The Balaban J connectivity index is 2.05. The van der Waals surface area contributed by atoms with Gasteiger partial charge in [0, 0.05) is 6.08 Å². The molecule has 0 fully saturated rings. The van der Waals surface area contributed by atoms with Crippen LogP contribution in [0.15, 0.2) is 60.7 Å². The van der Waals surface area contributed by atoms with Crippen LogP contribution in [0.5, 0.6) is 0 Å². The van der Waals surface area contributed by atoms with Gasteiger partial charge in [-0.3, -0.25) is 4.79 Å². The highest BCUT2D eigenvalue weighted by Crippen LogP contribution is 2.28. The largest absolute Gasteiger partial charge is 0.353 e. The van der Waals surface area contributed by atoms with Crippen LogP contribution in [0.1, 0.15) is 5.56 Å². The average molecular weight is 236 g/mol. The summed E-state index contributed by atoms with van der Waals surface area (Å²) >= 11 is 0. The maximum atomic E-state index is 11.8. The maximum absolute atomic E-state index is 11.8. The minimum absolute atomic E-state index is 0.119. The first-order valence-electron chi connectivity index (χ1n) is 5.77. The van der Waals surface area contributed by atoms with Crippen molar-refractivity contribution in [3.05, 3.63) is 66.2 Å². The van der Waals surface area contributed by atoms with Gasteiger partial charge < -0.3 is 10.6 Å². The van der Waals surface area contributed by atoms with Crippen molar-refractivity contribution < 1.29 is 4.79 Å². The van der Waals surface area contributed by atoms with Crippen LogP contribution in [0.25, 0.3) is 5.70 Å². The fourth-order valence-corrected chi connectivity index (χ4v) is 1.96. The first-order chi connectivity index (χ1) is 8.83. The van der Waals surface area contributed by atoms with Crippen molar-refractivity contribution in [2.45, 2.75) is 0 Å². The zero-order chi connectivity index (χ0) is 12.4. The Labute approximate surface area is 105 Å². The summed E-state index contributed by atoms with van der Waals surface area (Å²) in [5.41, 5.74) is 3.49. The van der Waals surface area contributed by atoms with Crippen molar-refractivity contribution in [3.63, 3.8) is 0 Å². The lowest BCUT2D eigenvalue weighted by molar-refractivity contribution is -0.111. The van der Waals surface area contributed by atoms with E-state index >= 15 is 0 Å². The van der Waals surface area contributed by atoms with E-state index in [1.807, 2.05) is 54.6 Å². The van der Waals surface area contributed by atoms with Gasteiger partial charge in [-0.1, -0.05) is 42.5 Å². The van der Waals surface area contributed by atoms with E-state index in [1.54, 1.807) is 6.08 Å². The van der Waals surface area contributed by atoms with Crippen molar-refractivity contribution >= 4 is 23.0 Å². The van der Waals surface area contributed by atoms with Crippen LogP contribution >= 0.6 is 0 Å². The van der Waals surface area contributed by atoms with Gasteiger partial charge in [-0.2, -0.15) is 0 Å². The molecule has 3 rings (SSSR count). The molecule has 3 nitrogen and oxygen atoms in total. The average Bonchev–Trinajstić information content (AvgIpc) is 2.57. The summed E-state index contributed by atoms with van der Waals surface area (Å²) in [5.74, 6) is -0.119. The molecule has 0 bridgehead atoms. The number of amides is 1. The molecule has 2 aromatic rings. The normalized spacial score (nSPS) is 13.8. The van der Waals surface area contributed by atoms with Gasteiger partial charge in [0.05, 0.1) is 17.1 Å². The third-order valence-electron chi connectivity index (χ3n) is 2.81. The number of fused-ring (bicyclic) bond motifs is 1. The summed E-state index contributed by atoms with van der Waals surface area (Å²) in [6.07, 6.45) is 1.58. The number of hydrogen-bond acceptors (Lipinski definition) is 2. The van der Waals surface area contributed by atoms with E-state index in [9.17, 15) is 4.79 Å². The summed E-state index contributed by atoms with van der Waals surface area (Å²) < 4.78 is 0. The van der Waals surface area contributed by atoms with E-state index in [2.05, 4.69) is 10.6 Å². The third-order valence-corrected chi connectivity index (χ3v) is 2.81. The molecule has 1 amide bonds. The van der Waals surface area contributed by atoms with Crippen molar-refractivity contribution in [2.24, 2.45) is 0 Å². The van der Waals surface area contributed by atoms with Crippen LogP contribution in [-0.2, 0) is 4.79 Å². The van der Waals surface area contributed by atoms with Crippen LogP contribution in [0.2, 0.25) is 0 Å². The number of nitrogens with one attached hydrogen (secondary N) is 2. The van der Waals surface area contributed by atoms with Crippen molar-refractivity contribution in [2.75, 3.05) is 10.6 Å². The molecule has 1 heterocycles. The first-order valence-corrected chi connectivity index (χ1v) is 5.77. The molecule has 1 aliphatic rings. The fourth-order valence-electron chi connectivity index (χ4n) is 1.96. The van der Waals surface area contributed by atoms with Crippen LogP contribution < -0.4 is 10.6 Å². The molecule has 2 N–H and O–H groups in total. The quantitative estimate of drug-likeness (QED) is 0.798. The second-order valence-electron chi connectivity index (χ2n) is 4.08. The molecule has 0 saturated carbocycles. The Hall–Kier alpha value is -2.55. The minimum Gasteiger partial charge on any atom is -0.353 e. The summed E-state index contributed by atoms with van der Waals surface area (Å²) in [6.45, 7) is 0. The molecule has 0 spiro atoms. The molecule has 2 aromatic carbocycles. The Morgan fingerprint density at radius 1 is 0.722 bits per heavy atom. The number of anilines is 2. The lowest BCUT2D eigenvalue weighted by atomic mass is 10.1. The number of hydrogen-bond donors (Lipinski definition) is 2. The first kappa shape index (κ1) is 10.6. The molecule has 18 heavy (non-hydrogen) atoms. The molecule has 0 unspecified atom stereocenters. The van der Waals surface area contributed by atoms with E-state index in [0.717, 1.165) is 22.6 Å². The summed E-state index contributed by atoms with van der Waals surface area (Å²) in [6, 6.07) is 17.5. The van der Waals surface area contributed by atoms with Gasteiger partial charge in [0.15, 0.2) is 0 Å². The molecule has 88 valence electrons. The monoisotopic (exact) mass is 236 g/mol. The number of carbonyl (C=O) groups is 1. The molecule has 0 aromatic heterocycles. The SMILES string of the molecule is O=C1C=C(c2ccccc2)Nc2ccccc2N1.